The second kappa shape index (κ2) is 6.62. The van der Waals surface area contributed by atoms with Crippen molar-refractivity contribution < 1.29 is 28.9 Å². The fraction of sp³-hybridized carbons (Fsp3) is 0.636. The van der Waals surface area contributed by atoms with E-state index in [1.165, 1.54) is 6.42 Å². The minimum absolute atomic E-state index is 0.163. The topological polar surface area (TPSA) is 94.1 Å². The molecule has 1 aromatic rings. The minimum atomic E-state index is -0.898. The smallest absolute Gasteiger partial charge is 0.307 e. The van der Waals surface area contributed by atoms with Crippen LogP contribution in [0.1, 0.15) is 51.9 Å². The van der Waals surface area contributed by atoms with Crippen LogP contribution in [0.3, 0.4) is 0 Å². The largest absolute Gasteiger partial charge is 0.454 e. The number of hydrogen-bond acceptors (Lipinski definition) is 6. The minimum Gasteiger partial charge on any atom is -0.454 e. The Balaban J connectivity index is 1.18. The molecule has 1 amide bonds. The average Bonchev–Trinajstić information content (AvgIpc) is 3.06. The van der Waals surface area contributed by atoms with E-state index in [-0.39, 0.29) is 30.5 Å². The van der Waals surface area contributed by atoms with E-state index in [2.05, 4.69) is 5.32 Å². The van der Waals surface area contributed by atoms with Gasteiger partial charge in [0.2, 0.25) is 6.79 Å². The molecule has 2 N–H and O–H groups in total. The molecule has 0 aromatic heterocycles. The molecule has 6 rings (SSSR count). The van der Waals surface area contributed by atoms with E-state index in [0.29, 0.717) is 35.4 Å². The molecule has 4 saturated carbocycles. The van der Waals surface area contributed by atoms with Gasteiger partial charge in [-0.1, -0.05) is 0 Å². The van der Waals surface area contributed by atoms with Crippen molar-refractivity contribution in [2.75, 3.05) is 12.1 Å². The van der Waals surface area contributed by atoms with Crippen LogP contribution in [0.2, 0.25) is 0 Å². The maximum atomic E-state index is 12.6. The van der Waals surface area contributed by atoms with E-state index >= 15 is 0 Å². The van der Waals surface area contributed by atoms with Crippen molar-refractivity contribution in [2.24, 2.45) is 17.3 Å². The van der Waals surface area contributed by atoms with Crippen LogP contribution >= 0.6 is 0 Å². The molecule has 4 bridgehead atoms. The predicted octanol–water partition coefficient (Wildman–Crippen LogP) is 3.01. The normalized spacial score (nSPS) is 34.7. The highest BCUT2D eigenvalue weighted by Crippen LogP contribution is 2.62. The van der Waals surface area contributed by atoms with Crippen molar-refractivity contribution in [2.45, 2.75) is 63.6 Å². The Morgan fingerprint density at radius 1 is 1.21 bits per heavy atom. The Morgan fingerprint density at radius 2 is 1.93 bits per heavy atom. The van der Waals surface area contributed by atoms with Crippen molar-refractivity contribution in [3.8, 4) is 11.5 Å². The van der Waals surface area contributed by atoms with Gasteiger partial charge in [0.05, 0.1) is 12.0 Å². The highest BCUT2D eigenvalue weighted by atomic mass is 16.7. The number of amides is 1. The summed E-state index contributed by atoms with van der Waals surface area (Å²) in [4.78, 5) is 25.1. The number of aliphatic hydroxyl groups is 1. The van der Waals surface area contributed by atoms with E-state index < -0.39 is 11.7 Å². The van der Waals surface area contributed by atoms with Gasteiger partial charge in [0.25, 0.3) is 5.91 Å². The zero-order chi connectivity index (χ0) is 20.2. The van der Waals surface area contributed by atoms with Gasteiger partial charge in [-0.05, 0) is 74.8 Å². The van der Waals surface area contributed by atoms with E-state index in [1.54, 1.807) is 25.1 Å². The van der Waals surface area contributed by atoms with Crippen LogP contribution in [0.15, 0.2) is 18.2 Å². The third-order valence-electron chi connectivity index (χ3n) is 6.99. The maximum Gasteiger partial charge on any atom is 0.307 e. The molecule has 156 valence electrons. The molecular weight excluding hydrogens is 374 g/mol. The Hall–Kier alpha value is -2.28. The summed E-state index contributed by atoms with van der Waals surface area (Å²) in [7, 11) is 0. The van der Waals surface area contributed by atoms with Gasteiger partial charge >= 0.3 is 5.97 Å². The summed E-state index contributed by atoms with van der Waals surface area (Å²) < 4.78 is 16.0. The summed E-state index contributed by atoms with van der Waals surface area (Å²) >= 11 is 0. The third kappa shape index (κ3) is 3.56. The molecule has 7 heteroatoms. The van der Waals surface area contributed by atoms with Gasteiger partial charge in [0.15, 0.2) is 17.6 Å². The Kier molecular flexibility index (Phi) is 4.28. The van der Waals surface area contributed by atoms with Crippen molar-refractivity contribution >= 4 is 17.6 Å². The van der Waals surface area contributed by atoms with Gasteiger partial charge in [-0.2, -0.15) is 0 Å². The second-order valence-electron chi connectivity index (χ2n) is 9.55. The number of nitrogens with one attached hydrogen (secondary N) is 1. The lowest BCUT2D eigenvalue weighted by Gasteiger charge is -2.60. The van der Waals surface area contributed by atoms with E-state index in [1.807, 2.05) is 0 Å². The fourth-order valence-electron chi connectivity index (χ4n) is 6.43. The molecule has 1 heterocycles. The molecule has 1 aliphatic heterocycles. The van der Waals surface area contributed by atoms with Gasteiger partial charge in [0.1, 0.15) is 0 Å². The van der Waals surface area contributed by atoms with Crippen LogP contribution in [0.25, 0.3) is 0 Å². The first-order valence-corrected chi connectivity index (χ1v) is 10.4. The second-order valence-corrected chi connectivity index (χ2v) is 9.55. The van der Waals surface area contributed by atoms with Crippen LogP contribution in [-0.4, -0.2) is 35.5 Å². The molecule has 29 heavy (non-hydrogen) atoms. The van der Waals surface area contributed by atoms with Crippen molar-refractivity contribution in [3.63, 3.8) is 0 Å². The standard InChI is InChI=1S/C22H27NO6/c1-13(20(25)23-16-2-3-17-18(5-16)28-12-27-17)29-19(24)10-21-6-14-4-15(7-21)9-22(26,8-14)11-21/h2-3,5,13-15,26H,4,6-12H2,1H3,(H,23,25). The molecule has 3 unspecified atom stereocenters. The van der Waals surface area contributed by atoms with E-state index in [9.17, 15) is 14.7 Å². The van der Waals surface area contributed by atoms with E-state index in [4.69, 9.17) is 14.2 Å². The zero-order valence-corrected chi connectivity index (χ0v) is 16.6. The van der Waals surface area contributed by atoms with Crippen LogP contribution in [-0.2, 0) is 14.3 Å². The summed E-state index contributed by atoms with van der Waals surface area (Å²) in [6.45, 7) is 1.74. The van der Waals surface area contributed by atoms with Gasteiger partial charge < -0.3 is 24.6 Å². The molecule has 0 spiro atoms. The van der Waals surface area contributed by atoms with Crippen molar-refractivity contribution in [3.05, 3.63) is 18.2 Å². The lowest BCUT2D eigenvalue weighted by Crippen LogP contribution is -2.56. The molecule has 4 aliphatic carbocycles. The fourth-order valence-corrected chi connectivity index (χ4v) is 6.43. The number of rotatable bonds is 5. The first kappa shape index (κ1) is 18.7. The van der Waals surface area contributed by atoms with Crippen LogP contribution in [0.5, 0.6) is 11.5 Å². The first-order chi connectivity index (χ1) is 13.8. The number of anilines is 1. The van der Waals surface area contributed by atoms with Gasteiger partial charge in [-0.25, -0.2) is 0 Å². The van der Waals surface area contributed by atoms with Crippen LogP contribution in [0.4, 0.5) is 5.69 Å². The van der Waals surface area contributed by atoms with Gasteiger partial charge in [-0.15, -0.1) is 0 Å². The Morgan fingerprint density at radius 3 is 2.66 bits per heavy atom. The molecule has 1 aromatic carbocycles. The molecule has 7 nitrogen and oxygen atoms in total. The monoisotopic (exact) mass is 401 g/mol. The number of hydrogen-bond donors (Lipinski definition) is 2. The number of carbonyl (C=O) groups is 2. The lowest BCUT2D eigenvalue weighted by atomic mass is 9.47. The molecule has 0 saturated heterocycles. The predicted molar refractivity (Wildman–Crippen MR) is 103 cm³/mol. The zero-order valence-electron chi connectivity index (χ0n) is 16.6. The quantitative estimate of drug-likeness (QED) is 0.737. The maximum absolute atomic E-state index is 12.6. The average molecular weight is 401 g/mol. The van der Waals surface area contributed by atoms with Gasteiger partial charge in [0, 0.05) is 11.8 Å². The van der Waals surface area contributed by atoms with Crippen molar-refractivity contribution in [1.82, 2.24) is 0 Å². The van der Waals surface area contributed by atoms with E-state index in [0.717, 1.165) is 25.7 Å². The highest BCUT2D eigenvalue weighted by molar-refractivity contribution is 5.95. The molecular formula is C22H27NO6. The van der Waals surface area contributed by atoms with Gasteiger partial charge in [-0.3, -0.25) is 9.59 Å². The van der Waals surface area contributed by atoms with Crippen LogP contribution < -0.4 is 14.8 Å². The number of carbonyl (C=O) groups excluding carboxylic acids is 2. The SMILES string of the molecule is CC(OC(=O)CC12CC3CC(CC(O)(C3)C1)C2)C(=O)Nc1ccc2c(c1)OCO2. The number of esters is 1. The van der Waals surface area contributed by atoms with Crippen LogP contribution in [0, 0.1) is 17.3 Å². The lowest BCUT2D eigenvalue weighted by molar-refractivity contribution is -0.179. The highest BCUT2D eigenvalue weighted by Gasteiger charge is 2.57. The number of fused-ring (bicyclic) bond motifs is 1. The Bertz CT molecular complexity index is 838. The third-order valence-corrected chi connectivity index (χ3v) is 6.99. The number of benzene rings is 1. The summed E-state index contributed by atoms with van der Waals surface area (Å²) in [6, 6.07) is 5.13. The summed E-state index contributed by atoms with van der Waals surface area (Å²) in [5, 5.41) is 13.6. The number of ether oxygens (including phenoxy) is 3. The first-order valence-electron chi connectivity index (χ1n) is 10.4. The summed E-state index contributed by atoms with van der Waals surface area (Å²) in [5.74, 6) is 1.50. The summed E-state index contributed by atoms with van der Waals surface area (Å²) in [6.07, 6.45) is 4.95. The molecule has 4 fully saturated rings. The Labute approximate surface area is 169 Å². The molecule has 3 atom stereocenters. The molecule has 0 radical (unpaired) electrons. The summed E-state index contributed by atoms with van der Waals surface area (Å²) in [5.41, 5.74) is -0.207. The van der Waals surface area contributed by atoms with Crippen molar-refractivity contribution in [1.29, 1.82) is 0 Å². The molecule has 5 aliphatic rings.